The average molecular weight is 600 g/mol. The standard InChI is InChI=1S/C27H25N3O8.O3S/c1-15-12-25(34)29(26(15)35)11-10-22(31)28-16-6-7-19-17-4-2-3-5-18(17)21(20(19)13-16)14-37-27(36)38-30-23(32)8-9-24(30)33;1-4(2)3/h2-7,13,15,21H,8-12,14H2,1H3,(H,28,31);. The van der Waals surface area contributed by atoms with Gasteiger partial charge in [-0.25, -0.2) is 4.79 Å². The molecule has 1 N–H and O–H groups in total. The quantitative estimate of drug-likeness (QED) is 0.360. The Balaban J connectivity index is 0.000000952. The first kappa shape index (κ1) is 30.0. The summed E-state index contributed by atoms with van der Waals surface area (Å²) in [7, 11) is -3.11. The van der Waals surface area contributed by atoms with E-state index in [1.165, 1.54) is 0 Å². The number of nitrogens with zero attached hydrogens (tertiary/aromatic N) is 2. The molecule has 2 aromatic rings. The first-order chi connectivity index (χ1) is 20.0. The second-order valence-corrected chi connectivity index (χ2v) is 10.1. The molecular formula is C27H25N3O11S. The second-order valence-electron chi connectivity index (χ2n) is 9.67. The number of benzene rings is 2. The molecule has 0 saturated carbocycles. The largest absolute Gasteiger partial charge is 0.533 e. The summed E-state index contributed by atoms with van der Waals surface area (Å²) in [6, 6.07) is 13.0. The predicted octanol–water partition coefficient (Wildman–Crippen LogP) is 1.74. The molecule has 220 valence electrons. The lowest BCUT2D eigenvalue weighted by Crippen LogP contribution is -2.33. The summed E-state index contributed by atoms with van der Waals surface area (Å²) in [4.78, 5) is 78.2. The first-order valence-electron chi connectivity index (χ1n) is 12.8. The van der Waals surface area contributed by atoms with E-state index in [9.17, 15) is 28.8 Å². The van der Waals surface area contributed by atoms with Crippen LogP contribution in [0.1, 0.15) is 49.7 Å². The van der Waals surface area contributed by atoms with Crippen molar-refractivity contribution < 1.29 is 51.0 Å². The molecule has 2 heterocycles. The lowest BCUT2D eigenvalue weighted by molar-refractivity contribution is -0.177. The molecule has 0 bridgehead atoms. The Morgan fingerprint density at radius 1 is 0.929 bits per heavy atom. The number of nitrogens with one attached hydrogen (secondary N) is 1. The van der Waals surface area contributed by atoms with Crippen molar-refractivity contribution >= 4 is 52.0 Å². The van der Waals surface area contributed by atoms with E-state index in [1.807, 2.05) is 30.3 Å². The third-order valence-electron chi connectivity index (χ3n) is 6.91. The van der Waals surface area contributed by atoms with Gasteiger partial charge in [-0.15, -0.1) is 12.6 Å². The Labute approximate surface area is 240 Å². The molecule has 15 heteroatoms. The second kappa shape index (κ2) is 12.7. The number of hydrogen-bond donors (Lipinski definition) is 1. The number of likely N-dealkylation sites (tertiary alicyclic amines) is 1. The van der Waals surface area contributed by atoms with E-state index in [-0.39, 0.29) is 68.4 Å². The highest BCUT2D eigenvalue weighted by atomic mass is 32.2. The fraction of sp³-hybridized carbons (Fsp3) is 0.333. The number of imide groups is 2. The molecule has 5 amide bonds. The van der Waals surface area contributed by atoms with E-state index < -0.39 is 28.6 Å². The third-order valence-corrected chi connectivity index (χ3v) is 6.91. The Morgan fingerprint density at radius 3 is 2.21 bits per heavy atom. The number of anilines is 1. The Hall–Kier alpha value is -4.92. The molecule has 5 rings (SSSR count). The van der Waals surface area contributed by atoms with Gasteiger partial charge in [-0.2, -0.15) is 0 Å². The van der Waals surface area contributed by atoms with Crippen molar-refractivity contribution in [2.75, 3.05) is 18.5 Å². The molecule has 0 radical (unpaired) electrons. The van der Waals surface area contributed by atoms with Gasteiger partial charge in [-0.05, 0) is 34.4 Å². The first-order valence-corrected chi connectivity index (χ1v) is 13.8. The highest BCUT2D eigenvalue weighted by Crippen LogP contribution is 2.45. The van der Waals surface area contributed by atoms with Crippen LogP contribution in [0.4, 0.5) is 10.5 Å². The van der Waals surface area contributed by atoms with Crippen molar-refractivity contribution in [1.82, 2.24) is 9.96 Å². The van der Waals surface area contributed by atoms with Crippen molar-refractivity contribution in [3.8, 4) is 11.1 Å². The number of ether oxygens (including phenoxy) is 1. The molecule has 0 aromatic heterocycles. The van der Waals surface area contributed by atoms with Crippen molar-refractivity contribution in [1.29, 1.82) is 0 Å². The fourth-order valence-corrected chi connectivity index (χ4v) is 5.00. The summed E-state index contributed by atoms with van der Waals surface area (Å²) in [6.45, 7) is 1.59. The molecule has 3 aliphatic rings. The molecule has 2 unspecified atom stereocenters. The van der Waals surface area contributed by atoms with Crippen LogP contribution in [-0.4, -0.2) is 71.4 Å². The Morgan fingerprint density at radius 2 is 1.57 bits per heavy atom. The number of amides is 5. The van der Waals surface area contributed by atoms with Crippen LogP contribution in [-0.2, 0) is 44.2 Å². The summed E-state index contributed by atoms with van der Waals surface area (Å²) in [5.74, 6) is -2.83. The smallest absolute Gasteiger partial charge is 0.432 e. The van der Waals surface area contributed by atoms with E-state index in [2.05, 4.69) is 5.32 Å². The van der Waals surface area contributed by atoms with Gasteiger partial charge in [0.05, 0.1) is 0 Å². The molecule has 14 nitrogen and oxygen atoms in total. The van der Waals surface area contributed by atoms with Crippen LogP contribution in [0.25, 0.3) is 11.1 Å². The van der Waals surface area contributed by atoms with Crippen LogP contribution in [0.2, 0.25) is 0 Å². The third kappa shape index (κ3) is 6.68. The minimum Gasteiger partial charge on any atom is -0.432 e. The van der Waals surface area contributed by atoms with E-state index in [4.69, 9.17) is 22.2 Å². The van der Waals surface area contributed by atoms with Gasteiger partial charge >= 0.3 is 16.8 Å². The fourth-order valence-electron chi connectivity index (χ4n) is 5.00. The molecule has 1 aliphatic carbocycles. The monoisotopic (exact) mass is 599 g/mol. The number of carbonyl (C=O) groups is 6. The van der Waals surface area contributed by atoms with Gasteiger partial charge in [0.25, 0.3) is 11.8 Å². The van der Waals surface area contributed by atoms with Crippen molar-refractivity contribution in [2.24, 2.45) is 5.92 Å². The van der Waals surface area contributed by atoms with Crippen LogP contribution in [0.5, 0.6) is 0 Å². The van der Waals surface area contributed by atoms with Gasteiger partial charge in [0.15, 0.2) is 0 Å². The zero-order valence-corrected chi connectivity index (χ0v) is 23.0. The van der Waals surface area contributed by atoms with Crippen molar-refractivity contribution in [3.05, 3.63) is 53.6 Å². The van der Waals surface area contributed by atoms with Gasteiger partial charge in [0.2, 0.25) is 17.7 Å². The van der Waals surface area contributed by atoms with Crippen molar-refractivity contribution in [2.45, 2.75) is 38.5 Å². The molecule has 2 atom stereocenters. The summed E-state index contributed by atoms with van der Waals surface area (Å²) < 4.78 is 30.6. The number of carbonyl (C=O) groups excluding carboxylic acids is 6. The van der Waals surface area contributed by atoms with Crippen LogP contribution >= 0.6 is 0 Å². The summed E-state index contributed by atoms with van der Waals surface area (Å²) in [5.41, 5.74) is 4.09. The number of rotatable bonds is 7. The summed E-state index contributed by atoms with van der Waals surface area (Å²) in [5, 5.41) is 3.23. The van der Waals surface area contributed by atoms with Gasteiger partial charge in [-0.3, -0.25) is 33.7 Å². The molecule has 2 aromatic carbocycles. The zero-order chi connectivity index (χ0) is 30.6. The average Bonchev–Trinajstić information content (AvgIpc) is 3.51. The maximum Gasteiger partial charge on any atom is 0.533 e. The molecule has 2 saturated heterocycles. The minimum atomic E-state index is -3.11. The SMILES string of the molecule is CC1CC(=O)N(CCC(=O)Nc2ccc3c(c2)C(COC(=O)ON2C(=O)CCC2=O)c2ccccc2-3)C1=O.O=S(=O)=O. The lowest BCUT2D eigenvalue weighted by atomic mass is 9.97. The summed E-state index contributed by atoms with van der Waals surface area (Å²) in [6.07, 6.45) is -1.08. The molecule has 2 fully saturated rings. The maximum absolute atomic E-state index is 12.6. The van der Waals surface area contributed by atoms with Gasteiger partial charge in [0.1, 0.15) is 6.61 Å². The molecule has 2 aliphatic heterocycles. The molecule has 42 heavy (non-hydrogen) atoms. The van der Waals surface area contributed by atoms with Gasteiger partial charge < -0.3 is 10.1 Å². The predicted molar refractivity (Wildman–Crippen MR) is 141 cm³/mol. The van der Waals surface area contributed by atoms with Crippen molar-refractivity contribution in [3.63, 3.8) is 0 Å². The highest BCUT2D eigenvalue weighted by Gasteiger charge is 2.36. The van der Waals surface area contributed by atoms with Crippen LogP contribution in [0.15, 0.2) is 42.5 Å². The van der Waals surface area contributed by atoms with Gasteiger partial charge in [-0.1, -0.05) is 42.3 Å². The summed E-state index contributed by atoms with van der Waals surface area (Å²) >= 11 is 0. The number of hydroxylamine groups is 2. The van der Waals surface area contributed by atoms with Gasteiger partial charge in [0, 0.05) is 49.8 Å². The van der Waals surface area contributed by atoms with E-state index in [0.717, 1.165) is 27.2 Å². The number of fused-ring (bicyclic) bond motifs is 3. The number of hydrogen-bond acceptors (Lipinski definition) is 11. The molecule has 0 spiro atoms. The topological polar surface area (TPSA) is 191 Å². The van der Waals surface area contributed by atoms with Crippen LogP contribution in [0.3, 0.4) is 0 Å². The Bertz CT molecular complexity index is 1570. The Kier molecular flexibility index (Phi) is 9.10. The van der Waals surface area contributed by atoms with E-state index >= 15 is 0 Å². The maximum atomic E-state index is 12.6. The lowest BCUT2D eigenvalue weighted by Gasteiger charge is -2.17. The minimum absolute atomic E-state index is 0.0187. The van der Waals surface area contributed by atoms with E-state index in [1.54, 1.807) is 19.1 Å². The normalized spacial score (nSPS) is 18.7. The zero-order valence-electron chi connectivity index (χ0n) is 22.2. The highest BCUT2D eigenvalue weighted by molar-refractivity contribution is 7.59. The molecular weight excluding hydrogens is 574 g/mol. The van der Waals surface area contributed by atoms with E-state index in [0.29, 0.717) is 10.8 Å². The van der Waals surface area contributed by atoms with Crippen LogP contribution < -0.4 is 5.32 Å². The van der Waals surface area contributed by atoms with Crippen LogP contribution in [0, 0.1) is 5.92 Å².